The van der Waals surface area contributed by atoms with Gasteiger partial charge in [0.05, 0.1) is 0 Å². The topological polar surface area (TPSA) is 9.23 Å². The normalized spacial score (nSPS) is 31.6. The van der Waals surface area contributed by atoms with Crippen molar-refractivity contribution in [2.24, 2.45) is 11.8 Å². The van der Waals surface area contributed by atoms with E-state index in [1.54, 1.807) is 5.57 Å². The molecule has 0 aromatic carbocycles. The molecule has 2 unspecified atom stereocenters. The third-order valence-corrected chi connectivity index (χ3v) is 3.72. The molecule has 1 aliphatic carbocycles. The van der Waals surface area contributed by atoms with Crippen molar-refractivity contribution >= 4 is 6.92 Å². The Labute approximate surface area is 88.0 Å². The lowest BCUT2D eigenvalue weighted by Gasteiger charge is -2.36. The summed E-state index contributed by atoms with van der Waals surface area (Å²) >= 11 is 0. The van der Waals surface area contributed by atoms with Crippen LogP contribution in [0.15, 0.2) is 11.6 Å². The molecular weight excluding hydrogens is 171 g/mol. The van der Waals surface area contributed by atoms with Gasteiger partial charge in [-0.1, -0.05) is 25.0 Å². The van der Waals surface area contributed by atoms with Gasteiger partial charge in [0, 0.05) is 7.11 Å². The highest BCUT2D eigenvalue weighted by molar-refractivity contribution is 6.52. The van der Waals surface area contributed by atoms with E-state index in [4.69, 9.17) is 4.65 Å². The maximum absolute atomic E-state index is 5.49. The third kappa shape index (κ3) is 2.22. The second-order valence-electron chi connectivity index (χ2n) is 4.97. The van der Waals surface area contributed by atoms with Crippen molar-refractivity contribution in [2.45, 2.75) is 45.2 Å². The van der Waals surface area contributed by atoms with Crippen molar-refractivity contribution in [3.05, 3.63) is 11.6 Å². The molecule has 2 atom stereocenters. The fourth-order valence-electron chi connectivity index (χ4n) is 3.20. The van der Waals surface area contributed by atoms with Gasteiger partial charge in [-0.3, -0.25) is 0 Å². The molecule has 1 saturated heterocycles. The number of rotatable bonds is 3. The molecule has 2 aliphatic rings. The van der Waals surface area contributed by atoms with E-state index in [1.165, 1.54) is 38.3 Å². The predicted octanol–water partition coefficient (Wildman–Crippen LogP) is 3.39. The van der Waals surface area contributed by atoms with Crippen molar-refractivity contribution in [2.75, 3.05) is 7.11 Å². The molecule has 78 valence electrons. The van der Waals surface area contributed by atoms with Gasteiger partial charge in [0.1, 0.15) is 0 Å². The maximum atomic E-state index is 5.49. The third-order valence-electron chi connectivity index (χ3n) is 3.72. The van der Waals surface area contributed by atoms with Crippen LogP contribution in [0.25, 0.3) is 0 Å². The van der Waals surface area contributed by atoms with Gasteiger partial charge in [-0.15, -0.1) is 0 Å². The van der Waals surface area contributed by atoms with E-state index in [0.29, 0.717) is 6.92 Å². The second kappa shape index (κ2) is 4.52. The minimum Gasteiger partial charge on any atom is -0.438 e. The Morgan fingerprint density at radius 2 is 2.36 bits per heavy atom. The van der Waals surface area contributed by atoms with Crippen LogP contribution in [-0.2, 0) is 4.65 Å². The van der Waals surface area contributed by atoms with Crippen LogP contribution in [0.1, 0.15) is 32.6 Å². The Bertz CT molecular complexity index is 224. The average molecular weight is 192 g/mol. The van der Waals surface area contributed by atoms with E-state index in [2.05, 4.69) is 13.0 Å². The fourth-order valence-corrected chi connectivity index (χ4v) is 3.20. The summed E-state index contributed by atoms with van der Waals surface area (Å²) in [5.41, 5.74) is 1.73. The molecule has 1 fully saturated rings. The lowest BCUT2D eigenvalue weighted by Crippen LogP contribution is -2.32. The van der Waals surface area contributed by atoms with Gasteiger partial charge in [-0.25, -0.2) is 0 Å². The smallest absolute Gasteiger partial charge is 0.293 e. The summed E-state index contributed by atoms with van der Waals surface area (Å²) in [6.07, 6.45) is 10.5. The summed E-state index contributed by atoms with van der Waals surface area (Å²) in [5, 5.41) is 0. The summed E-state index contributed by atoms with van der Waals surface area (Å²) < 4.78 is 5.49. The van der Waals surface area contributed by atoms with Crippen LogP contribution in [0.3, 0.4) is 0 Å². The molecule has 1 aliphatic heterocycles. The molecular formula is C12H21BO. The number of hydrogen-bond acceptors (Lipinski definition) is 1. The second-order valence-corrected chi connectivity index (χ2v) is 4.97. The van der Waals surface area contributed by atoms with Gasteiger partial charge >= 0.3 is 0 Å². The molecule has 0 aromatic heterocycles. The van der Waals surface area contributed by atoms with E-state index in [9.17, 15) is 0 Å². The van der Waals surface area contributed by atoms with Crippen molar-refractivity contribution in [3.8, 4) is 0 Å². The molecule has 2 rings (SSSR count). The first kappa shape index (κ1) is 10.3. The molecule has 0 saturated carbocycles. The summed E-state index contributed by atoms with van der Waals surface area (Å²) in [6, 6.07) is 0. The van der Waals surface area contributed by atoms with Crippen LogP contribution in [0.5, 0.6) is 0 Å². The first-order chi connectivity index (χ1) is 6.81. The van der Waals surface area contributed by atoms with Crippen LogP contribution < -0.4 is 0 Å². The Morgan fingerprint density at radius 1 is 1.50 bits per heavy atom. The zero-order valence-corrected chi connectivity index (χ0v) is 9.46. The Hall–Kier alpha value is -0.235. The van der Waals surface area contributed by atoms with Gasteiger partial charge in [0.2, 0.25) is 0 Å². The summed E-state index contributed by atoms with van der Waals surface area (Å²) in [4.78, 5) is 0. The van der Waals surface area contributed by atoms with Crippen molar-refractivity contribution in [1.29, 1.82) is 0 Å². The molecule has 0 spiro atoms. The van der Waals surface area contributed by atoms with Crippen LogP contribution in [0.4, 0.5) is 0 Å². The van der Waals surface area contributed by atoms with E-state index >= 15 is 0 Å². The molecule has 1 heterocycles. The number of allylic oxidation sites excluding steroid dienone is 2. The Kier molecular flexibility index (Phi) is 3.32. The van der Waals surface area contributed by atoms with Crippen LogP contribution >= 0.6 is 0 Å². The number of hydrogen-bond donors (Lipinski definition) is 0. The first-order valence-electron chi connectivity index (χ1n) is 6.04. The van der Waals surface area contributed by atoms with E-state index in [0.717, 1.165) is 11.8 Å². The fraction of sp³-hybridized carbons (Fsp3) is 0.833. The van der Waals surface area contributed by atoms with E-state index in [1.807, 2.05) is 7.11 Å². The summed E-state index contributed by atoms with van der Waals surface area (Å²) in [5.74, 6) is 1.75. The van der Waals surface area contributed by atoms with Crippen LogP contribution in [-0.4, -0.2) is 14.0 Å². The van der Waals surface area contributed by atoms with Crippen LogP contribution in [0.2, 0.25) is 12.6 Å². The molecule has 1 nitrogen and oxygen atoms in total. The SMILES string of the molecule is CCCC1=CC2CB(OC)CC(C1)C2. The molecule has 0 N–H and O–H groups in total. The van der Waals surface area contributed by atoms with Gasteiger partial charge in [0.15, 0.2) is 0 Å². The van der Waals surface area contributed by atoms with Crippen molar-refractivity contribution < 1.29 is 4.65 Å². The van der Waals surface area contributed by atoms with Crippen molar-refractivity contribution in [1.82, 2.24) is 0 Å². The lowest BCUT2D eigenvalue weighted by molar-refractivity contribution is 0.338. The molecule has 0 radical (unpaired) electrons. The average Bonchev–Trinajstić information content (AvgIpc) is 2.16. The van der Waals surface area contributed by atoms with Gasteiger partial charge in [-0.05, 0) is 43.7 Å². The summed E-state index contributed by atoms with van der Waals surface area (Å²) in [7, 11) is 1.86. The zero-order chi connectivity index (χ0) is 9.97. The zero-order valence-electron chi connectivity index (χ0n) is 9.46. The largest absolute Gasteiger partial charge is 0.438 e. The van der Waals surface area contributed by atoms with Gasteiger partial charge in [0.25, 0.3) is 6.92 Å². The molecule has 0 aromatic rings. The Morgan fingerprint density at radius 3 is 3.00 bits per heavy atom. The quantitative estimate of drug-likeness (QED) is 0.491. The predicted molar refractivity (Wildman–Crippen MR) is 61.6 cm³/mol. The number of fused-ring (bicyclic) bond motifs is 2. The molecule has 2 bridgehead atoms. The summed E-state index contributed by atoms with van der Waals surface area (Å²) in [6.45, 7) is 2.82. The van der Waals surface area contributed by atoms with Crippen molar-refractivity contribution in [3.63, 3.8) is 0 Å². The van der Waals surface area contributed by atoms with E-state index in [-0.39, 0.29) is 0 Å². The maximum Gasteiger partial charge on any atom is 0.293 e. The van der Waals surface area contributed by atoms with Gasteiger partial charge < -0.3 is 4.65 Å². The monoisotopic (exact) mass is 192 g/mol. The minimum atomic E-state index is 0.540. The highest BCUT2D eigenvalue weighted by Crippen LogP contribution is 2.40. The highest BCUT2D eigenvalue weighted by Gasteiger charge is 2.34. The Balaban J connectivity index is 2.00. The lowest BCUT2D eigenvalue weighted by atomic mass is 9.48. The van der Waals surface area contributed by atoms with Gasteiger partial charge in [-0.2, -0.15) is 0 Å². The highest BCUT2D eigenvalue weighted by atomic mass is 16.4. The van der Waals surface area contributed by atoms with E-state index < -0.39 is 0 Å². The van der Waals surface area contributed by atoms with Crippen LogP contribution in [0, 0.1) is 11.8 Å². The minimum absolute atomic E-state index is 0.540. The molecule has 2 heteroatoms. The first-order valence-corrected chi connectivity index (χ1v) is 6.04. The molecule has 14 heavy (non-hydrogen) atoms. The molecule has 0 amide bonds. The standard InChI is InChI=1S/C12H21BO/c1-3-4-10-5-11-7-12(6-10)9-13(8-11)14-2/h5,11-12H,3-4,6-9H2,1-2H3.